The van der Waals surface area contributed by atoms with E-state index in [4.69, 9.17) is 25.5 Å². The molecule has 0 saturated heterocycles. The van der Waals surface area contributed by atoms with Crippen LogP contribution in [0.15, 0.2) is 100 Å². The molecule has 0 saturated carbocycles. The van der Waals surface area contributed by atoms with Gasteiger partial charge in [-0.15, -0.1) is 0 Å². The van der Waals surface area contributed by atoms with E-state index in [1.54, 1.807) is 72.8 Å². The Hall–Kier alpha value is -4.82. The second-order valence-electron chi connectivity index (χ2n) is 7.90. The maximum Gasteiger partial charge on any atom is 0.287 e. The smallest absolute Gasteiger partial charge is 0.287 e. The molecule has 0 radical (unpaired) electrons. The molecule has 1 aromatic heterocycles. The molecule has 2 heterocycles. The lowest BCUT2D eigenvalue weighted by atomic mass is 10.1. The van der Waals surface area contributed by atoms with Crippen LogP contribution in [0.3, 0.4) is 0 Å². The summed E-state index contributed by atoms with van der Waals surface area (Å²) in [6, 6.07) is 24.5. The maximum atomic E-state index is 13.0. The predicted octanol–water partition coefficient (Wildman–Crippen LogP) is 5.25. The normalized spacial score (nSPS) is 12.5. The zero-order chi connectivity index (χ0) is 25.6. The van der Waals surface area contributed by atoms with Crippen molar-refractivity contribution in [2.75, 3.05) is 6.79 Å². The molecule has 5 rings (SSSR count). The van der Waals surface area contributed by atoms with Gasteiger partial charge in [-0.2, -0.15) is 5.10 Å². The number of amides is 2. The number of fused-ring (bicyclic) bond motifs is 1. The molecule has 184 valence electrons. The van der Waals surface area contributed by atoms with Gasteiger partial charge in [0.15, 0.2) is 11.5 Å². The van der Waals surface area contributed by atoms with Gasteiger partial charge in [0.2, 0.25) is 6.79 Å². The fraction of sp³-hybridized carbons (Fsp3) is 0.0357. The molecular formula is C28H20ClN3O5. The third-order valence-electron chi connectivity index (χ3n) is 5.35. The summed E-state index contributed by atoms with van der Waals surface area (Å²) < 4.78 is 16.5. The van der Waals surface area contributed by atoms with Crippen LogP contribution in [0.5, 0.6) is 11.5 Å². The Balaban J connectivity index is 1.33. The molecule has 3 aromatic carbocycles. The Labute approximate surface area is 217 Å². The lowest BCUT2D eigenvalue weighted by molar-refractivity contribution is -0.117. The Bertz CT molecular complexity index is 1490. The van der Waals surface area contributed by atoms with Crippen LogP contribution in [0, 0.1) is 0 Å². The number of hydrogen-bond acceptors (Lipinski definition) is 6. The molecule has 2 amide bonds. The summed E-state index contributed by atoms with van der Waals surface area (Å²) in [6.45, 7) is 0.127. The van der Waals surface area contributed by atoms with Crippen molar-refractivity contribution in [3.05, 3.63) is 113 Å². The number of hydrazone groups is 1. The van der Waals surface area contributed by atoms with Crippen molar-refractivity contribution < 1.29 is 23.5 Å². The monoisotopic (exact) mass is 513 g/mol. The number of hydrogen-bond donors (Lipinski definition) is 2. The summed E-state index contributed by atoms with van der Waals surface area (Å²) in [5.74, 6) is 1.16. The molecule has 0 unspecified atom stereocenters. The Morgan fingerprint density at radius 3 is 2.49 bits per heavy atom. The fourth-order valence-corrected chi connectivity index (χ4v) is 3.64. The molecule has 37 heavy (non-hydrogen) atoms. The second-order valence-corrected chi connectivity index (χ2v) is 8.34. The van der Waals surface area contributed by atoms with E-state index in [0.29, 0.717) is 39.2 Å². The van der Waals surface area contributed by atoms with Gasteiger partial charge < -0.3 is 19.2 Å². The standard InChI is InChI=1S/C28H20ClN3O5/c29-21-9-7-19(8-10-21)24-13-11-22(37-24)16-30-32-28(34)23(31-27(33)20-4-2-1-3-5-20)14-18-6-12-25-26(15-18)36-17-35-25/h1-16H,17H2,(H,31,33)(H,32,34)/b23-14+,30-16+. The summed E-state index contributed by atoms with van der Waals surface area (Å²) >= 11 is 5.94. The number of furan rings is 1. The first-order valence-corrected chi connectivity index (χ1v) is 11.6. The first-order valence-electron chi connectivity index (χ1n) is 11.2. The van der Waals surface area contributed by atoms with Gasteiger partial charge in [-0.3, -0.25) is 9.59 Å². The molecule has 0 atom stereocenters. The van der Waals surface area contributed by atoms with Crippen molar-refractivity contribution in [3.63, 3.8) is 0 Å². The number of rotatable bonds is 7. The molecule has 8 nitrogen and oxygen atoms in total. The number of benzene rings is 3. The molecular weight excluding hydrogens is 494 g/mol. The van der Waals surface area contributed by atoms with Crippen LogP contribution in [0.4, 0.5) is 0 Å². The van der Waals surface area contributed by atoms with Crippen LogP contribution >= 0.6 is 11.6 Å². The third-order valence-corrected chi connectivity index (χ3v) is 5.60. The Morgan fingerprint density at radius 1 is 0.892 bits per heavy atom. The van der Waals surface area contributed by atoms with Crippen LogP contribution in [0.1, 0.15) is 21.7 Å². The highest BCUT2D eigenvalue weighted by molar-refractivity contribution is 6.30. The molecule has 0 spiro atoms. The number of halogens is 1. The summed E-state index contributed by atoms with van der Waals surface area (Å²) in [6.07, 6.45) is 2.90. The second kappa shape index (κ2) is 10.8. The zero-order valence-corrected chi connectivity index (χ0v) is 20.1. The average molecular weight is 514 g/mol. The van der Waals surface area contributed by atoms with Gasteiger partial charge in [0.25, 0.3) is 11.8 Å². The van der Waals surface area contributed by atoms with E-state index < -0.39 is 11.8 Å². The highest BCUT2D eigenvalue weighted by Gasteiger charge is 2.17. The maximum absolute atomic E-state index is 13.0. The number of carbonyl (C=O) groups is 2. The summed E-state index contributed by atoms with van der Waals surface area (Å²) in [7, 11) is 0. The Morgan fingerprint density at radius 2 is 1.68 bits per heavy atom. The topological polar surface area (TPSA) is 102 Å². The number of nitrogens with one attached hydrogen (secondary N) is 2. The molecule has 1 aliphatic heterocycles. The van der Waals surface area contributed by atoms with Crippen LogP contribution < -0.4 is 20.2 Å². The number of carbonyl (C=O) groups excluding carboxylic acids is 2. The molecule has 0 aliphatic carbocycles. The van der Waals surface area contributed by atoms with Gasteiger partial charge >= 0.3 is 0 Å². The lowest BCUT2D eigenvalue weighted by Crippen LogP contribution is -2.32. The quantitative estimate of drug-likeness (QED) is 0.200. The first-order chi connectivity index (χ1) is 18.0. The average Bonchev–Trinajstić information content (AvgIpc) is 3.59. The van der Waals surface area contributed by atoms with E-state index in [9.17, 15) is 9.59 Å². The molecule has 4 aromatic rings. The van der Waals surface area contributed by atoms with Crippen molar-refractivity contribution in [1.82, 2.24) is 10.7 Å². The molecule has 0 bridgehead atoms. The van der Waals surface area contributed by atoms with Crippen molar-refractivity contribution >= 4 is 35.7 Å². The van der Waals surface area contributed by atoms with Gasteiger partial charge in [0.05, 0.1) is 6.21 Å². The van der Waals surface area contributed by atoms with Crippen molar-refractivity contribution in [1.29, 1.82) is 0 Å². The van der Waals surface area contributed by atoms with Crippen LogP contribution in [0.25, 0.3) is 17.4 Å². The molecule has 0 fully saturated rings. The lowest BCUT2D eigenvalue weighted by Gasteiger charge is -2.09. The SMILES string of the molecule is O=C(N/N=C/c1ccc(-c2ccc(Cl)cc2)o1)/C(=C\c1ccc2c(c1)OCO2)NC(=O)c1ccccc1. The summed E-state index contributed by atoms with van der Waals surface area (Å²) in [5, 5.41) is 7.27. The van der Waals surface area contributed by atoms with E-state index in [2.05, 4.69) is 15.8 Å². The van der Waals surface area contributed by atoms with E-state index in [0.717, 1.165) is 5.56 Å². The van der Waals surface area contributed by atoms with Crippen LogP contribution in [-0.4, -0.2) is 24.8 Å². The largest absolute Gasteiger partial charge is 0.455 e. The van der Waals surface area contributed by atoms with Gasteiger partial charge in [-0.25, -0.2) is 5.43 Å². The molecule has 1 aliphatic rings. The van der Waals surface area contributed by atoms with Crippen molar-refractivity contribution in [3.8, 4) is 22.8 Å². The fourth-order valence-electron chi connectivity index (χ4n) is 3.52. The minimum atomic E-state index is -0.623. The third kappa shape index (κ3) is 5.88. The van der Waals surface area contributed by atoms with Gasteiger partial charge in [0, 0.05) is 16.1 Å². The zero-order valence-electron chi connectivity index (χ0n) is 19.3. The summed E-state index contributed by atoms with van der Waals surface area (Å²) in [4.78, 5) is 25.7. The van der Waals surface area contributed by atoms with Gasteiger partial charge in [-0.05, 0) is 72.3 Å². The first kappa shape index (κ1) is 23.9. The molecule has 2 N–H and O–H groups in total. The minimum absolute atomic E-state index is 0.00818. The number of ether oxygens (including phenoxy) is 2. The van der Waals surface area contributed by atoms with Crippen LogP contribution in [0.2, 0.25) is 5.02 Å². The van der Waals surface area contributed by atoms with E-state index in [-0.39, 0.29) is 12.5 Å². The van der Waals surface area contributed by atoms with E-state index >= 15 is 0 Å². The summed E-state index contributed by atoms with van der Waals surface area (Å²) in [5.41, 5.74) is 4.31. The Kier molecular flexibility index (Phi) is 7.00. The highest BCUT2D eigenvalue weighted by Crippen LogP contribution is 2.33. The van der Waals surface area contributed by atoms with Crippen LogP contribution in [-0.2, 0) is 4.79 Å². The van der Waals surface area contributed by atoms with Gasteiger partial charge in [-0.1, -0.05) is 35.9 Å². The number of nitrogens with zero attached hydrogens (tertiary/aromatic N) is 1. The van der Waals surface area contributed by atoms with Gasteiger partial charge in [0.1, 0.15) is 17.2 Å². The van der Waals surface area contributed by atoms with Crippen molar-refractivity contribution in [2.45, 2.75) is 0 Å². The molecule has 9 heteroatoms. The minimum Gasteiger partial charge on any atom is -0.455 e. The van der Waals surface area contributed by atoms with E-state index in [1.807, 2.05) is 12.1 Å². The predicted molar refractivity (Wildman–Crippen MR) is 139 cm³/mol. The van der Waals surface area contributed by atoms with Crippen molar-refractivity contribution in [2.24, 2.45) is 5.10 Å². The van der Waals surface area contributed by atoms with E-state index in [1.165, 1.54) is 12.3 Å². The highest BCUT2D eigenvalue weighted by atomic mass is 35.5.